The molecule has 2 heterocycles. The van der Waals surface area contributed by atoms with Gasteiger partial charge < -0.3 is 15.0 Å². The van der Waals surface area contributed by atoms with E-state index in [0.717, 1.165) is 83.6 Å². The van der Waals surface area contributed by atoms with Crippen LogP contribution in [0.2, 0.25) is 0 Å². The van der Waals surface area contributed by atoms with Crippen LogP contribution in [-0.2, 0) is 16.0 Å². The first kappa shape index (κ1) is 21.2. The van der Waals surface area contributed by atoms with E-state index in [4.69, 9.17) is 4.74 Å². The Hall–Kier alpha value is -1.50. The number of rotatable bonds is 8. The quantitative estimate of drug-likeness (QED) is 0.692. The SMILES string of the molecule is CN1CCC(CNC(=O)CCCCc2ccc(F)cc2)(N2CCOCC2)CC1. The van der Waals surface area contributed by atoms with Crippen molar-refractivity contribution in [3.63, 3.8) is 0 Å². The highest BCUT2D eigenvalue weighted by Crippen LogP contribution is 2.29. The third-order valence-corrected chi connectivity index (χ3v) is 6.25. The Balaban J connectivity index is 1.42. The molecule has 1 amide bonds. The fourth-order valence-electron chi connectivity index (χ4n) is 4.29. The molecule has 156 valence electrons. The molecule has 2 aliphatic rings. The maximum atomic E-state index is 12.9. The molecular formula is C22H34FN3O2. The minimum Gasteiger partial charge on any atom is -0.379 e. The van der Waals surface area contributed by atoms with Gasteiger partial charge in [0.1, 0.15) is 5.82 Å². The van der Waals surface area contributed by atoms with Crippen molar-refractivity contribution in [2.45, 2.75) is 44.1 Å². The maximum absolute atomic E-state index is 12.9. The van der Waals surface area contributed by atoms with Crippen LogP contribution in [0.1, 0.15) is 37.7 Å². The topological polar surface area (TPSA) is 44.8 Å². The van der Waals surface area contributed by atoms with E-state index in [2.05, 4.69) is 22.2 Å². The van der Waals surface area contributed by atoms with Gasteiger partial charge in [0.2, 0.25) is 5.91 Å². The summed E-state index contributed by atoms with van der Waals surface area (Å²) in [4.78, 5) is 17.3. The number of benzene rings is 1. The number of halogens is 1. The summed E-state index contributed by atoms with van der Waals surface area (Å²) in [5.41, 5.74) is 1.19. The minimum absolute atomic E-state index is 0.0695. The highest BCUT2D eigenvalue weighted by atomic mass is 19.1. The number of amides is 1. The van der Waals surface area contributed by atoms with Crippen molar-refractivity contribution < 1.29 is 13.9 Å². The van der Waals surface area contributed by atoms with Gasteiger partial charge >= 0.3 is 0 Å². The molecule has 2 saturated heterocycles. The lowest BCUT2D eigenvalue weighted by Crippen LogP contribution is -2.62. The Kier molecular flexibility index (Phi) is 7.82. The average molecular weight is 392 g/mol. The van der Waals surface area contributed by atoms with Crippen molar-refractivity contribution in [1.82, 2.24) is 15.1 Å². The van der Waals surface area contributed by atoms with Gasteiger partial charge in [0, 0.05) is 31.6 Å². The predicted octanol–water partition coefficient (Wildman–Crippen LogP) is 2.45. The van der Waals surface area contributed by atoms with Crippen LogP contribution < -0.4 is 5.32 Å². The number of aryl methyl sites for hydroxylation is 1. The number of hydrogen-bond donors (Lipinski definition) is 1. The number of hydrogen-bond acceptors (Lipinski definition) is 4. The predicted molar refractivity (Wildman–Crippen MR) is 109 cm³/mol. The van der Waals surface area contributed by atoms with Gasteiger partial charge in [-0.3, -0.25) is 9.69 Å². The van der Waals surface area contributed by atoms with Crippen LogP contribution in [0.3, 0.4) is 0 Å². The number of nitrogens with one attached hydrogen (secondary N) is 1. The molecule has 5 nitrogen and oxygen atoms in total. The minimum atomic E-state index is -0.203. The van der Waals surface area contributed by atoms with Crippen LogP contribution in [0.4, 0.5) is 4.39 Å². The van der Waals surface area contributed by atoms with Gasteiger partial charge in [0.05, 0.1) is 13.2 Å². The van der Waals surface area contributed by atoms with E-state index in [1.54, 1.807) is 0 Å². The molecule has 2 aliphatic heterocycles. The first-order valence-electron chi connectivity index (χ1n) is 10.6. The second kappa shape index (κ2) is 10.3. The highest BCUT2D eigenvalue weighted by Gasteiger charge is 2.39. The van der Waals surface area contributed by atoms with Gasteiger partial charge in [-0.25, -0.2) is 4.39 Å². The van der Waals surface area contributed by atoms with Gasteiger partial charge in [-0.1, -0.05) is 12.1 Å². The molecule has 0 aliphatic carbocycles. The van der Waals surface area contributed by atoms with Crippen molar-refractivity contribution in [2.75, 3.05) is 53.0 Å². The van der Waals surface area contributed by atoms with Crippen molar-refractivity contribution in [1.29, 1.82) is 0 Å². The summed E-state index contributed by atoms with van der Waals surface area (Å²) >= 11 is 0. The van der Waals surface area contributed by atoms with Crippen LogP contribution in [-0.4, -0.2) is 74.2 Å². The van der Waals surface area contributed by atoms with Crippen molar-refractivity contribution in [3.8, 4) is 0 Å². The van der Waals surface area contributed by atoms with Crippen molar-refractivity contribution in [2.24, 2.45) is 0 Å². The zero-order valence-electron chi connectivity index (χ0n) is 17.1. The maximum Gasteiger partial charge on any atom is 0.220 e. The molecule has 3 rings (SSSR count). The Morgan fingerprint density at radius 3 is 2.46 bits per heavy atom. The first-order chi connectivity index (χ1) is 13.6. The van der Waals surface area contributed by atoms with Crippen molar-refractivity contribution >= 4 is 5.91 Å². The zero-order valence-corrected chi connectivity index (χ0v) is 17.1. The lowest BCUT2D eigenvalue weighted by Gasteiger charge is -2.49. The van der Waals surface area contributed by atoms with Crippen LogP contribution in [0.15, 0.2) is 24.3 Å². The average Bonchev–Trinajstić information content (AvgIpc) is 2.73. The first-order valence-corrected chi connectivity index (χ1v) is 10.6. The standard InChI is InChI=1S/C22H34FN3O2/c1-25-12-10-22(11-13-25,26-14-16-28-17-15-26)18-24-21(27)5-3-2-4-19-6-8-20(23)9-7-19/h6-9H,2-5,10-18H2,1H3,(H,24,27). The van der Waals surface area contributed by atoms with E-state index >= 15 is 0 Å². The van der Waals surface area contributed by atoms with E-state index in [9.17, 15) is 9.18 Å². The number of unbranched alkanes of at least 4 members (excludes halogenated alkanes) is 1. The highest BCUT2D eigenvalue weighted by molar-refractivity contribution is 5.75. The van der Waals surface area contributed by atoms with Crippen molar-refractivity contribution in [3.05, 3.63) is 35.6 Å². The molecule has 28 heavy (non-hydrogen) atoms. The van der Waals surface area contributed by atoms with Gasteiger partial charge in [0.25, 0.3) is 0 Å². The number of ether oxygens (including phenoxy) is 1. The molecule has 2 fully saturated rings. The number of carbonyl (C=O) groups is 1. The molecule has 0 radical (unpaired) electrons. The van der Waals surface area contributed by atoms with Crippen LogP contribution >= 0.6 is 0 Å². The Labute approximate surface area is 168 Å². The molecule has 0 aromatic heterocycles. The lowest BCUT2D eigenvalue weighted by atomic mass is 9.85. The van der Waals surface area contributed by atoms with Crippen LogP contribution in [0, 0.1) is 5.82 Å². The van der Waals surface area contributed by atoms with Gasteiger partial charge in [0.15, 0.2) is 0 Å². The molecular weight excluding hydrogens is 357 g/mol. The van der Waals surface area contributed by atoms with E-state index in [1.165, 1.54) is 12.1 Å². The second-order valence-corrected chi connectivity index (χ2v) is 8.24. The van der Waals surface area contributed by atoms with Gasteiger partial charge in [-0.15, -0.1) is 0 Å². The number of piperidine rings is 1. The van der Waals surface area contributed by atoms with Crippen LogP contribution in [0.5, 0.6) is 0 Å². The Morgan fingerprint density at radius 1 is 1.11 bits per heavy atom. The summed E-state index contributed by atoms with van der Waals surface area (Å²) in [5.74, 6) is -0.0584. The Morgan fingerprint density at radius 2 is 1.79 bits per heavy atom. The fourth-order valence-corrected chi connectivity index (χ4v) is 4.29. The summed E-state index contributed by atoms with van der Waals surface area (Å²) < 4.78 is 18.5. The summed E-state index contributed by atoms with van der Waals surface area (Å²) in [6, 6.07) is 6.63. The molecule has 6 heteroatoms. The summed E-state index contributed by atoms with van der Waals surface area (Å²) in [6.07, 6.45) is 5.43. The molecule has 0 saturated carbocycles. The molecule has 0 bridgehead atoms. The molecule has 1 N–H and O–H groups in total. The summed E-state index contributed by atoms with van der Waals surface area (Å²) in [5, 5.41) is 3.22. The van der Waals surface area contributed by atoms with E-state index in [-0.39, 0.29) is 17.3 Å². The number of morpholine rings is 1. The summed E-state index contributed by atoms with van der Waals surface area (Å²) in [7, 11) is 2.17. The van der Waals surface area contributed by atoms with E-state index in [0.29, 0.717) is 6.42 Å². The van der Waals surface area contributed by atoms with Gasteiger partial charge in [-0.2, -0.15) is 0 Å². The monoisotopic (exact) mass is 391 g/mol. The number of likely N-dealkylation sites (tertiary alicyclic amines) is 1. The smallest absolute Gasteiger partial charge is 0.220 e. The van der Waals surface area contributed by atoms with Crippen LogP contribution in [0.25, 0.3) is 0 Å². The molecule has 0 unspecified atom stereocenters. The molecule has 0 atom stereocenters. The zero-order chi connectivity index (χ0) is 19.8. The third kappa shape index (κ3) is 6.00. The molecule has 1 aromatic rings. The van der Waals surface area contributed by atoms with E-state index < -0.39 is 0 Å². The number of carbonyl (C=O) groups excluding carboxylic acids is 1. The number of nitrogens with zero attached hydrogens (tertiary/aromatic N) is 2. The third-order valence-electron chi connectivity index (χ3n) is 6.25. The Bertz CT molecular complexity index is 609. The van der Waals surface area contributed by atoms with Gasteiger partial charge in [-0.05, 0) is 69.9 Å². The molecule has 0 spiro atoms. The lowest BCUT2D eigenvalue weighted by molar-refractivity contribution is -0.122. The van der Waals surface area contributed by atoms with E-state index in [1.807, 2.05) is 12.1 Å². The second-order valence-electron chi connectivity index (χ2n) is 8.24. The largest absolute Gasteiger partial charge is 0.379 e. The summed E-state index contributed by atoms with van der Waals surface area (Å²) in [6.45, 7) is 6.37. The normalized spacial score (nSPS) is 20.8. The molecule has 1 aromatic carbocycles. The fraction of sp³-hybridized carbons (Fsp3) is 0.682.